The number of carbonyl (C=O) groups excluding carboxylic acids is 2. The first-order chi connectivity index (χ1) is 18.3. The van der Waals surface area contributed by atoms with Crippen LogP contribution in [-0.2, 0) is 16.0 Å². The van der Waals surface area contributed by atoms with E-state index in [1.54, 1.807) is 29.1 Å². The second-order valence-corrected chi connectivity index (χ2v) is 9.07. The Morgan fingerprint density at radius 2 is 1.39 bits per heavy atom. The lowest BCUT2D eigenvalue weighted by molar-refractivity contribution is -0.140. The van der Waals surface area contributed by atoms with E-state index in [4.69, 9.17) is 5.73 Å². The fraction of sp³-hybridized carbons (Fsp3) is 0.167. The lowest BCUT2D eigenvalue weighted by Crippen LogP contribution is -2.38. The summed E-state index contributed by atoms with van der Waals surface area (Å²) in [6, 6.07) is 25.1. The number of aliphatic hydroxyl groups is 1. The number of rotatable bonds is 11. The number of benzene rings is 3. The Kier molecular flexibility index (Phi) is 8.35. The van der Waals surface area contributed by atoms with Crippen LogP contribution >= 0.6 is 0 Å². The third-order valence-electron chi connectivity index (χ3n) is 6.29. The summed E-state index contributed by atoms with van der Waals surface area (Å²) in [5, 5.41) is 22.4. The van der Waals surface area contributed by atoms with Crippen molar-refractivity contribution in [3.05, 3.63) is 108 Å². The Morgan fingerprint density at radius 1 is 0.816 bits per heavy atom. The number of primary amides is 1. The Balaban J connectivity index is 1.43. The number of aliphatic carboxylic acids is 1. The van der Waals surface area contributed by atoms with Gasteiger partial charge in [-0.15, -0.1) is 0 Å². The Labute approximate surface area is 220 Å². The predicted octanol–water partition coefficient (Wildman–Crippen LogP) is 3.66. The van der Waals surface area contributed by atoms with Gasteiger partial charge in [-0.2, -0.15) is 0 Å². The molecule has 1 heterocycles. The van der Waals surface area contributed by atoms with Gasteiger partial charge in [0.15, 0.2) is 0 Å². The number of carbonyl (C=O) groups is 3. The zero-order valence-corrected chi connectivity index (χ0v) is 20.7. The molecule has 4 rings (SSSR count). The Morgan fingerprint density at radius 3 is 1.97 bits per heavy atom. The normalized spacial score (nSPS) is 12.4. The molecule has 0 aliphatic heterocycles. The van der Waals surface area contributed by atoms with E-state index in [2.05, 4.69) is 5.32 Å². The quantitative estimate of drug-likeness (QED) is 0.244. The van der Waals surface area contributed by atoms with E-state index in [0.717, 1.165) is 27.8 Å². The molecule has 194 valence electrons. The molecule has 4 aromatic rings. The average molecular weight is 512 g/mol. The first-order valence-corrected chi connectivity index (χ1v) is 12.2. The van der Waals surface area contributed by atoms with Gasteiger partial charge in [0.2, 0.25) is 11.8 Å². The predicted molar refractivity (Wildman–Crippen MR) is 144 cm³/mol. The number of carboxylic acids is 1. The fourth-order valence-corrected chi connectivity index (χ4v) is 4.25. The number of aliphatic hydroxyl groups excluding tert-OH is 1. The summed E-state index contributed by atoms with van der Waals surface area (Å²) in [5.41, 5.74) is 10.3. The lowest BCUT2D eigenvalue weighted by Gasteiger charge is -2.19. The SMILES string of the molecule is NC(=O)c1ccc(-c2ccc(-c3ccn(C(CC(=O)O)C(=O)NCC(O)Cc4ccccc4)c3)cc2)cc1. The van der Waals surface area contributed by atoms with Gasteiger partial charge in [0.05, 0.1) is 12.5 Å². The maximum absolute atomic E-state index is 12.9. The van der Waals surface area contributed by atoms with Gasteiger partial charge in [0, 0.05) is 30.9 Å². The minimum Gasteiger partial charge on any atom is -0.481 e. The van der Waals surface area contributed by atoms with Crippen molar-refractivity contribution in [3.63, 3.8) is 0 Å². The molecular formula is C30H29N3O5. The van der Waals surface area contributed by atoms with E-state index >= 15 is 0 Å². The van der Waals surface area contributed by atoms with E-state index in [1.165, 1.54) is 0 Å². The zero-order valence-electron chi connectivity index (χ0n) is 20.7. The van der Waals surface area contributed by atoms with Gasteiger partial charge in [-0.25, -0.2) is 0 Å². The minimum atomic E-state index is -1.10. The average Bonchev–Trinajstić information content (AvgIpc) is 3.41. The molecule has 2 amide bonds. The molecule has 2 unspecified atom stereocenters. The van der Waals surface area contributed by atoms with Crippen molar-refractivity contribution in [2.75, 3.05) is 6.54 Å². The number of nitrogens with one attached hydrogen (secondary N) is 1. The third-order valence-corrected chi connectivity index (χ3v) is 6.29. The fourth-order valence-electron chi connectivity index (χ4n) is 4.25. The molecule has 3 aromatic carbocycles. The molecule has 0 aliphatic carbocycles. The van der Waals surface area contributed by atoms with Crippen molar-refractivity contribution < 1.29 is 24.6 Å². The van der Waals surface area contributed by atoms with Crippen LogP contribution in [0.3, 0.4) is 0 Å². The van der Waals surface area contributed by atoms with Crippen LogP contribution in [0.2, 0.25) is 0 Å². The summed E-state index contributed by atoms with van der Waals surface area (Å²) in [7, 11) is 0. The molecule has 0 saturated heterocycles. The van der Waals surface area contributed by atoms with E-state index in [-0.39, 0.29) is 6.54 Å². The van der Waals surface area contributed by atoms with Gasteiger partial charge in [0.1, 0.15) is 6.04 Å². The number of carboxylic acid groups (broad SMARTS) is 1. The number of hydrogen-bond acceptors (Lipinski definition) is 4. The molecule has 8 nitrogen and oxygen atoms in total. The van der Waals surface area contributed by atoms with Gasteiger partial charge in [0.25, 0.3) is 0 Å². The van der Waals surface area contributed by atoms with Gasteiger partial charge >= 0.3 is 5.97 Å². The van der Waals surface area contributed by atoms with Crippen LogP contribution in [0.25, 0.3) is 22.3 Å². The highest BCUT2D eigenvalue weighted by atomic mass is 16.4. The van der Waals surface area contributed by atoms with Crippen LogP contribution in [0.1, 0.15) is 28.4 Å². The van der Waals surface area contributed by atoms with Gasteiger partial charge < -0.3 is 25.8 Å². The second-order valence-electron chi connectivity index (χ2n) is 9.07. The standard InChI is InChI=1S/C30H29N3O5/c31-29(37)24-12-10-22(11-13-24)21-6-8-23(9-7-21)25-14-15-33(19-25)27(17-28(35)36)30(38)32-18-26(34)16-20-4-2-1-3-5-20/h1-15,19,26-27,34H,16-18H2,(H2,31,37)(H,32,38)(H,35,36). The van der Waals surface area contributed by atoms with Crippen molar-refractivity contribution in [2.24, 2.45) is 5.73 Å². The highest BCUT2D eigenvalue weighted by Crippen LogP contribution is 2.27. The summed E-state index contributed by atoms with van der Waals surface area (Å²) in [6.45, 7) is 0.0137. The van der Waals surface area contributed by atoms with E-state index < -0.39 is 36.4 Å². The molecule has 0 bridgehead atoms. The number of amides is 2. The molecule has 0 fully saturated rings. The summed E-state index contributed by atoms with van der Waals surface area (Å²) in [5.74, 6) is -2.05. The summed E-state index contributed by atoms with van der Waals surface area (Å²) < 4.78 is 1.58. The van der Waals surface area contributed by atoms with Crippen molar-refractivity contribution in [1.82, 2.24) is 9.88 Å². The van der Waals surface area contributed by atoms with Crippen LogP contribution in [-0.4, -0.2) is 45.2 Å². The van der Waals surface area contributed by atoms with E-state index in [0.29, 0.717) is 12.0 Å². The molecule has 0 radical (unpaired) electrons. The van der Waals surface area contributed by atoms with Crippen LogP contribution in [0, 0.1) is 0 Å². The molecular weight excluding hydrogens is 482 g/mol. The highest BCUT2D eigenvalue weighted by molar-refractivity contribution is 5.93. The Bertz CT molecular complexity index is 1400. The molecule has 0 saturated carbocycles. The maximum Gasteiger partial charge on any atom is 0.306 e. The molecule has 0 aliphatic rings. The number of nitrogens with two attached hydrogens (primary N) is 1. The maximum atomic E-state index is 12.9. The van der Waals surface area contributed by atoms with E-state index in [1.807, 2.05) is 72.8 Å². The van der Waals surface area contributed by atoms with Crippen molar-refractivity contribution in [3.8, 4) is 22.3 Å². The number of nitrogens with zero attached hydrogens (tertiary/aromatic N) is 1. The van der Waals surface area contributed by atoms with Crippen LogP contribution < -0.4 is 11.1 Å². The van der Waals surface area contributed by atoms with Crippen LogP contribution in [0.5, 0.6) is 0 Å². The topological polar surface area (TPSA) is 135 Å². The molecule has 38 heavy (non-hydrogen) atoms. The van der Waals surface area contributed by atoms with Crippen molar-refractivity contribution in [1.29, 1.82) is 0 Å². The van der Waals surface area contributed by atoms with E-state index in [9.17, 15) is 24.6 Å². The largest absolute Gasteiger partial charge is 0.481 e. The van der Waals surface area contributed by atoms with Gasteiger partial charge in [-0.1, -0.05) is 66.7 Å². The van der Waals surface area contributed by atoms with Crippen molar-refractivity contribution >= 4 is 17.8 Å². The summed E-state index contributed by atoms with van der Waals surface area (Å²) >= 11 is 0. The third kappa shape index (κ3) is 6.74. The van der Waals surface area contributed by atoms with Gasteiger partial charge in [-0.3, -0.25) is 14.4 Å². The number of hydrogen-bond donors (Lipinski definition) is 4. The summed E-state index contributed by atoms with van der Waals surface area (Å²) in [6.07, 6.45) is 2.61. The van der Waals surface area contributed by atoms with Crippen molar-refractivity contribution in [2.45, 2.75) is 25.0 Å². The zero-order chi connectivity index (χ0) is 27.1. The first-order valence-electron chi connectivity index (χ1n) is 12.2. The Hall–Kier alpha value is -4.69. The lowest BCUT2D eigenvalue weighted by atomic mass is 10.0. The second kappa shape index (κ2) is 12.0. The highest BCUT2D eigenvalue weighted by Gasteiger charge is 2.24. The minimum absolute atomic E-state index is 0.0137. The summed E-state index contributed by atoms with van der Waals surface area (Å²) in [4.78, 5) is 35.7. The molecule has 1 aromatic heterocycles. The number of aromatic nitrogens is 1. The molecule has 8 heteroatoms. The molecule has 2 atom stereocenters. The molecule has 5 N–H and O–H groups in total. The van der Waals surface area contributed by atoms with Crippen LogP contribution in [0.4, 0.5) is 0 Å². The smallest absolute Gasteiger partial charge is 0.306 e. The van der Waals surface area contributed by atoms with Gasteiger partial charge in [-0.05, 0) is 46.0 Å². The first kappa shape index (κ1) is 26.4. The monoisotopic (exact) mass is 511 g/mol. The molecule has 0 spiro atoms. The van der Waals surface area contributed by atoms with Crippen LogP contribution in [0.15, 0.2) is 97.3 Å².